The van der Waals surface area contributed by atoms with Gasteiger partial charge < -0.3 is 19.5 Å². The number of ether oxygens (including phenoxy) is 1. The largest absolute Gasteiger partial charge is 0.381 e. The van der Waals surface area contributed by atoms with Gasteiger partial charge in [0.2, 0.25) is 0 Å². The fraction of sp³-hybridized carbons (Fsp3) is 0.500. The van der Waals surface area contributed by atoms with E-state index in [1.54, 1.807) is 6.07 Å². The van der Waals surface area contributed by atoms with Gasteiger partial charge in [-0.25, -0.2) is 18.7 Å². The highest BCUT2D eigenvalue weighted by Gasteiger charge is 2.37. The molecule has 0 aliphatic carbocycles. The van der Waals surface area contributed by atoms with Gasteiger partial charge in [-0.1, -0.05) is 13.0 Å². The van der Waals surface area contributed by atoms with Crippen LogP contribution in [0.15, 0.2) is 52.5 Å². The monoisotopic (exact) mass is 577 g/mol. The number of nitrogens with one attached hydrogen (secondary N) is 1. The van der Waals surface area contributed by atoms with E-state index in [0.29, 0.717) is 40.5 Å². The highest BCUT2D eigenvalue weighted by molar-refractivity contribution is 6.12. The first-order chi connectivity index (χ1) is 20.3. The summed E-state index contributed by atoms with van der Waals surface area (Å²) in [7, 11) is 0. The summed E-state index contributed by atoms with van der Waals surface area (Å²) in [5, 5.41) is 3.16. The molecule has 0 bridgehead atoms. The molecule has 1 unspecified atom stereocenters. The molecule has 5 rings (SSSR count). The zero-order valence-corrected chi connectivity index (χ0v) is 25.0. The summed E-state index contributed by atoms with van der Waals surface area (Å²) in [6.45, 7) is 16.4. The third-order valence-electron chi connectivity index (χ3n) is 8.57. The fourth-order valence-corrected chi connectivity index (χ4v) is 6.43. The number of allylic oxidation sites excluding steroid dienone is 1. The number of aryl methyl sites for hydroxylation is 1. The highest BCUT2D eigenvalue weighted by atomic mass is 19.1. The van der Waals surface area contributed by atoms with Gasteiger partial charge in [-0.3, -0.25) is 9.98 Å². The smallest absolute Gasteiger partial charge is 0.167 e. The van der Waals surface area contributed by atoms with E-state index in [0.717, 1.165) is 39.0 Å². The zero-order valence-electron chi connectivity index (χ0n) is 25.0. The first kappa shape index (κ1) is 30.0. The number of hydrogen-bond acceptors (Lipinski definition) is 7. The van der Waals surface area contributed by atoms with Crippen LogP contribution < -0.4 is 5.32 Å². The van der Waals surface area contributed by atoms with Gasteiger partial charge in [-0.05, 0) is 95.6 Å². The molecule has 4 heterocycles. The van der Waals surface area contributed by atoms with E-state index in [9.17, 15) is 0 Å². The van der Waals surface area contributed by atoms with Crippen LogP contribution in [0.25, 0.3) is 11.0 Å². The number of fused-ring (bicyclic) bond motifs is 1. The lowest BCUT2D eigenvalue weighted by Crippen LogP contribution is -2.41. The second-order valence-electron chi connectivity index (χ2n) is 11.5. The lowest BCUT2D eigenvalue weighted by molar-refractivity contribution is -0.0587. The van der Waals surface area contributed by atoms with Gasteiger partial charge in [-0.2, -0.15) is 0 Å². The lowest BCUT2D eigenvalue weighted by Gasteiger charge is -2.42. The van der Waals surface area contributed by atoms with Crippen LogP contribution >= 0.6 is 0 Å². The van der Waals surface area contributed by atoms with E-state index in [2.05, 4.69) is 49.9 Å². The summed E-state index contributed by atoms with van der Waals surface area (Å²) in [4.78, 5) is 19.6. The molecule has 2 aliphatic heterocycles. The molecule has 1 N–H and O–H groups in total. The van der Waals surface area contributed by atoms with Gasteiger partial charge in [0.25, 0.3) is 0 Å². The van der Waals surface area contributed by atoms with Crippen molar-refractivity contribution >= 4 is 29.3 Å². The lowest BCUT2D eigenvalue weighted by atomic mass is 9.72. The summed E-state index contributed by atoms with van der Waals surface area (Å²) in [5.41, 5.74) is 2.34. The van der Waals surface area contributed by atoms with Crippen LogP contribution in [-0.2, 0) is 4.74 Å². The molecule has 0 radical (unpaired) electrons. The Hall–Kier alpha value is -3.50. The van der Waals surface area contributed by atoms with Crippen molar-refractivity contribution in [2.24, 2.45) is 21.8 Å². The van der Waals surface area contributed by atoms with Crippen molar-refractivity contribution in [2.45, 2.75) is 52.5 Å². The number of hydrogen-bond donors (Lipinski definition) is 1. The van der Waals surface area contributed by atoms with E-state index in [-0.39, 0.29) is 23.9 Å². The predicted molar refractivity (Wildman–Crippen MR) is 165 cm³/mol. The summed E-state index contributed by atoms with van der Waals surface area (Å²) >= 11 is 0. The first-order valence-electron chi connectivity index (χ1n) is 14.8. The van der Waals surface area contributed by atoms with Gasteiger partial charge in [0.15, 0.2) is 11.6 Å². The number of likely N-dealkylation sites (tertiary alicyclic amines) is 1. The maximum atomic E-state index is 15.2. The van der Waals surface area contributed by atoms with Crippen LogP contribution in [0.4, 0.5) is 14.6 Å². The third kappa shape index (κ3) is 6.29. The number of rotatable bonds is 11. The first-order valence-corrected chi connectivity index (χ1v) is 14.8. The number of pyridine rings is 1. The molecular weight excluding hydrogens is 536 g/mol. The number of halogens is 2. The summed E-state index contributed by atoms with van der Waals surface area (Å²) < 4.78 is 37.8. The minimum atomic E-state index is -0.708. The summed E-state index contributed by atoms with van der Waals surface area (Å²) in [6.07, 6.45) is 5.31. The maximum Gasteiger partial charge on any atom is 0.167 e. The third-order valence-corrected chi connectivity index (χ3v) is 8.57. The zero-order chi connectivity index (χ0) is 29.8. The number of aliphatic imine (C=N–C) groups is 2. The molecule has 42 heavy (non-hydrogen) atoms. The average Bonchev–Trinajstić information content (AvgIpc) is 3.30. The Morgan fingerprint density at radius 1 is 1.21 bits per heavy atom. The van der Waals surface area contributed by atoms with Crippen LogP contribution in [0.1, 0.15) is 62.5 Å². The Labute approximate surface area is 246 Å². The van der Waals surface area contributed by atoms with Crippen molar-refractivity contribution in [1.29, 1.82) is 0 Å². The summed E-state index contributed by atoms with van der Waals surface area (Å²) in [6, 6.07) is 7.12. The molecule has 2 aromatic heterocycles. The van der Waals surface area contributed by atoms with Crippen molar-refractivity contribution < 1.29 is 13.5 Å². The van der Waals surface area contributed by atoms with Gasteiger partial charge >= 0.3 is 0 Å². The number of imidazole rings is 1. The molecule has 8 nitrogen and oxygen atoms in total. The van der Waals surface area contributed by atoms with E-state index in [1.165, 1.54) is 24.5 Å². The molecule has 10 heteroatoms. The average molecular weight is 578 g/mol. The van der Waals surface area contributed by atoms with Gasteiger partial charge in [0, 0.05) is 23.7 Å². The quantitative estimate of drug-likeness (QED) is 0.271. The van der Waals surface area contributed by atoms with Crippen molar-refractivity contribution in [2.75, 3.05) is 44.8 Å². The number of piperidine rings is 1. The van der Waals surface area contributed by atoms with Crippen LogP contribution in [0, 0.1) is 24.6 Å². The molecule has 1 atom stereocenters. The standard InChI is InChI=1S/C32H41F2N7O/c1-6-40-11-9-22(10-12-40)30(25-17-42-18-25)23-7-8-29(36-15-23)37-19-38-31(27(34)16-35-5)24-13-26(33)32-28(14-24)41(20(2)3)21(4)39-32/h7-8,13-16,20,22,25,30H,5-6,9-12,17-19H2,1-4H3,(H,36,37)/b27-16+,38-31?. The second-order valence-corrected chi connectivity index (χ2v) is 11.5. The second kappa shape index (κ2) is 13.2. The molecule has 2 saturated heterocycles. The molecule has 0 spiro atoms. The van der Waals surface area contributed by atoms with Crippen LogP contribution in [0.3, 0.4) is 0 Å². The Morgan fingerprint density at radius 2 is 1.98 bits per heavy atom. The molecule has 1 aromatic carbocycles. The number of benzene rings is 1. The molecule has 2 aliphatic rings. The van der Waals surface area contributed by atoms with E-state index in [4.69, 9.17) is 4.74 Å². The van der Waals surface area contributed by atoms with Crippen molar-refractivity contribution in [3.05, 3.63) is 65.3 Å². The van der Waals surface area contributed by atoms with E-state index in [1.807, 2.05) is 37.6 Å². The minimum absolute atomic E-state index is 0.0232. The Kier molecular flexibility index (Phi) is 9.43. The van der Waals surface area contributed by atoms with Crippen molar-refractivity contribution in [3.63, 3.8) is 0 Å². The highest BCUT2D eigenvalue weighted by Crippen LogP contribution is 2.41. The van der Waals surface area contributed by atoms with Crippen LogP contribution in [0.2, 0.25) is 0 Å². The molecule has 3 aromatic rings. The number of aromatic nitrogens is 3. The number of nitrogens with zero attached hydrogens (tertiary/aromatic N) is 6. The number of anilines is 1. The minimum Gasteiger partial charge on any atom is -0.381 e. The predicted octanol–water partition coefficient (Wildman–Crippen LogP) is 6.29. The molecule has 224 valence electrons. The van der Waals surface area contributed by atoms with Crippen molar-refractivity contribution in [3.8, 4) is 0 Å². The van der Waals surface area contributed by atoms with Crippen LogP contribution in [0.5, 0.6) is 0 Å². The SMILES string of the molecule is C=N/C=C(/F)C(=NCNc1ccc(C(C2CCN(CC)CC2)C2COC2)cn1)c1cc(F)c2nc(C)n(C(C)C)c2c1. The van der Waals surface area contributed by atoms with E-state index < -0.39 is 11.6 Å². The fourth-order valence-electron chi connectivity index (χ4n) is 6.43. The Balaban J connectivity index is 1.35. The van der Waals surface area contributed by atoms with Crippen LogP contribution in [-0.4, -0.2) is 71.4 Å². The summed E-state index contributed by atoms with van der Waals surface area (Å²) in [5.74, 6) is 1.66. The molecule has 0 saturated carbocycles. The topological polar surface area (TPSA) is 79.9 Å². The van der Waals surface area contributed by atoms with Gasteiger partial charge in [0.05, 0.1) is 24.9 Å². The van der Waals surface area contributed by atoms with Crippen molar-refractivity contribution in [1.82, 2.24) is 19.4 Å². The normalized spacial score (nSPS) is 18.5. The van der Waals surface area contributed by atoms with E-state index >= 15 is 8.78 Å². The van der Waals surface area contributed by atoms with Gasteiger partial charge in [0.1, 0.15) is 29.5 Å². The molecule has 0 amide bonds. The molecular formula is C32H41F2N7O. The molecule has 2 fully saturated rings. The van der Waals surface area contributed by atoms with Gasteiger partial charge in [-0.15, -0.1) is 0 Å². The Bertz CT molecular complexity index is 1450. The Morgan fingerprint density at radius 3 is 2.57 bits per heavy atom. The maximum absolute atomic E-state index is 15.2.